The fourth-order valence-electron chi connectivity index (χ4n) is 2.37. The summed E-state index contributed by atoms with van der Waals surface area (Å²) >= 11 is 0. The molecule has 0 aliphatic heterocycles. The molecule has 0 heterocycles. The van der Waals surface area contributed by atoms with Gasteiger partial charge in [0.2, 0.25) is 0 Å². The van der Waals surface area contributed by atoms with Crippen LogP contribution in [0.25, 0.3) is 0 Å². The van der Waals surface area contributed by atoms with Crippen LogP contribution in [0.2, 0.25) is 0 Å². The Bertz CT molecular complexity index is 730. The quantitative estimate of drug-likeness (QED) is 0.400. The molecule has 24 heavy (non-hydrogen) atoms. The normalized spacial score (nSPS) is 10.9. The summed E-state index contributed by atoms with van der Waals surface area (Å²) in [4.78, 5) is -0.321. The number of rotatable bonds is 8. The van der Waals surface area contributed by atoms with Crippen LogP contribution in [0.4, 0.5) is 0 Å². The molecule has 0 aromatic heterocycles. The van der Waals surface area contributed by atoms with E-state index < -0.39 is 10.1 Å². The van der Waals surface area contributed by atoms with Gasteiger partial charge in [0.25, 0.3) is 0 Å². The fourth-order valence-corrected chi connectivity index (χ4v) is 2.95. The van der Waals surface area contributed by atoms with Crippen molar-refractivity contribution in [1.82, 2.24) is 0 Å². The predicted molar refractivity (Wildman–Crippen MR) is 88.8 cm³/mol. The van der Waals surface area contributed by atoms with Gasteiger partial charge in [0.05, 0.1) is 4.90 Å². The summed E-state index contributed by atoms with van der Waals surface area (Å²) in [5, 5.41) is 0. The van der Waals surface area contributed by atoms with E-state index in [0.717, 1.165) is 31.2 Å². The van der Waals surface area contributed by atoms with Crippen LogP contribution in [0.15, 0.2) is 53.4 Å². The summed E-state index contributed by atoms with van der Waals surface area (Å²) < 4.78 is 39.9. The second-order valence-corrected chi connectivity index (χ2v) is 6.81. The van der Waals surface area contributed by atoms with E-state index in [9.17, 15) is 13.0 Å². The Balaban J connectivity index is 0.00000288. The van der Waals surface area contributed by atoms with E-state index in [-0.39, 0.29) is 62.0 Å². The first kappa shape index (κ1) is 21.8. The van der Waals surface area contributed by atoms with Gasteiger partial charge in [0, 0.05) is 0 Å². The first-order valence-electron chi connectivity index (χ1n) is 7.82. The third-order valence-electron chi connectivity index (χ3n) is 3.57. The number of benzene rings is 2. The van der Waals surface area contributed by atoms with Crippen molar-refractivity contribution in [3.63, 3.8) is 0 Å². The van der Waals surface area contributed by atoms with E-state index >= 15 is 0 Å². The van der Waals surface area contributed by atoms with E-state index in [2.05, 4.69) is 6.92 Å². The second kappa shape index (κ2) is 10.7. The van der Waals surface area contributed by atoms with Crippen LogP contribution in [0, 0.1) is 0 Å². The molecule has 2 aromatic carbocycles. The Labute approximate surface area is 186 Å². The number of hydrogen-bond acceptors (Lipinski definition) is 4. The predicted octanol–water partition coefficient (Wildman–Crippen LogP) is 1.51. The molecule has 4 nitrogen and oxygen atoms in total. The number of unbranched alkanes of at least 4 members (excludes halogenated alkanes) is 3. The molecule has 2 aromatic rings. The number of para-hydroxylation sites is 1. The van der Waals surface area contributed by atoms with E-state index in [1.54, 1.807) is 36.4 Å². The van der Waals surface area contributed by atoms with Gasteiger partial charge in [-0.2, -0.15) is 0 Å². The Morgan fingerprint density at radius 2 is 1.71 bits per heavy atom. The van der Waals surface area contributed by atoms with Gasteiger partial charge in [-0.25, -0.2) is 8.42 Å². The van der Waals surface area contributed by atoms with Gasteiger partial charge in [-0.05, 0) is 42.7 Å². The molecule has 0 N–H and O–H groups in total. The van der Waals surface area contributed by atoms with Crippen LogP contribution in [-0.2, 0) is 16.5 Å². The average molecular weight is 373 g/mol. The molecule has 2 rings (SSSR count). The average Bonchev–Trinajstić information content (AvgIpc) is 2.52. The largest absolute Gasteiger partial charge is 1.00 e. The van der Waals surface area contributed by atoms with Gasteiger partial charge >= 0.3 is 51.4 Å². The van der Waals surface area contributed by atoms with E-state index in [1.807, 2.05) is 6.07 Å². The molecule has 0 atom stereocenters. The molecule has 0 aliphatic rings. The minimum atomic E-state index is -4.57. The second-order valence-electron chi connectivity index (χ2n) is 5.46. The summed E-state index contributed by atoms with van der Waals surface area (Å²) in [6, 6.07) is 13.5. The van der Waals surface area contributed by atoms with Crippen LogP contribution in [0.1, 0.15) is 38.2 Å². The SMILES string of the molecule is CCCCCCc1ccc(S(=O)(=O)[O-])c(Oc2ccccc2)c1.[K+]. The van der Waals surface area contributed by atoms with Crippen molar-refractivity contribution in [2.24, 2.45) is 0 Å². The Hall–Kier alpha value is -0.214. The zero-order chi connectivity index (χ0) is 16.7. The van der Waals surface area contributed by atoms with E-state index in [1.165, 1.54) is 12.5 Å². The van der Waals surface area contributed by atoms with Crippen molar-refractivity contribution in [3.05, 3.63) is 54.1 Å². The monoisotopic (exact) mass is 372 g/mol. The topological polar surface area (TPSA) is 66.4 Å². The third-order valence-corrected chi connectivity index (χ3v) is 4.44. The summed E-state index contributed by atoms with van der Waals surface area (Å²) in [6.45, 7) is 2.15. The zero-order valence-electron chi connectivity index (χ0n) is 14.2. The van der Waals surface area contributed by atoms with Crippen molar-refractivity contribution in [1.29, 1.82) is 0 Å². The Morgan fingerprint density at radius 3 is 2.33 bits per heavy atom. The van der Waals surface area contributed by atoms with Gasteiger partial charge in [0.1, 0.15) is 21.6 Å². The van der Waals surface area contributed by atoms with Gasteiger partial charge in [0.15, 0.2) is 0 Å². The van der Waals surface area contributed by atoms with Gasteiger partial charge in [-0.3, -0.25) is 0 Å². The molecule has 0 aliphatic carbocycles. The van der Waals surface area contributed by atoms with Gasteiger partial charge in [-0.1, -0.05) is 50.5 Å². The molecule has 0 fully saturated rings. The molecular weight excluding hydrogens is 351 g/mol. The number of hydrogen-bond donors (Lipinski definition) is 0. The van der Waals surface area contributed by atoms with E-state index in [4.69, 9.17) is 4.74 Å². The number of aryl methyl sites for hydroxylation is 1. The van der Waals surface area contributed by atoms with Crippen LogP contribution >= 0.6 is 0 Å². The molecular formula is C18H21KO4S. The van der Waals surface area contributed by atoms with Crippen LogP contribution < -0.4 is 56.1 Å². The molecule has 124 valence electrons. The summed E-state index contributed by atoms with van der Waals surface area (Å²) in [5.41, 5.74) is 0.972. The molecule has 0 saturated carbocycles. The van der Waals surface area contributed by atoms with Gasteiger partial charge < -0.3 is 9.29 Å². The van der Waals surface area contributed by atoms with Crippen molar-refractivity contribution in [3.8, 4) is 11.5 Å². The van der Waals surface area contributed by atoms with Crippen LogP contribution in [0.5, 0.6) is 11.5 Å². The first-order chi connectivity index (χ1) is 11.0. The summed E-state index contributed by atoms with van der Waals surface area (Å²) in [7, 11) is -4.57. The molecule has 0 spiro atoms. The fraction of sp³-hybridized carbons (Fsp3) is 0.333. The van der Waals surface area contributed by atoms with Crippen molar-refractivity contribution < 1.29 is 69.1 Å². The summed E-state index contributed by atoms with van der Waals surface area (Å²) in [5.74, 6) is 0.597. The zero-order valence-corrected chi connectivity index (χ0v) is 18.1. The smallest absolute Gasteiger partial charge is 0.744 e. The molecule has 6 heteroatoms. The molecule has 0 saturated heterocycles. The Kier molecular flexibility index (Phi) is 9.74. The third kappa shape index (κ3) is 6.96. The molecule has 0 unspecified atom stereocenters. The van der Waals surface area contributed by atoms with E-state index in [0.29, 0.717) is 5.75 Å². The molecule has 0 amide bonds. The number of ether oxygens (including phenoxy) is 1. The maximum absolute atomic E-state index is 11.4. The summed E-state index contributed by atoms with van der Waals surface area (Å²) in [6.07, 6.45) is 5.34. The minimum Gasteiger partial charge on any atom is -0.744 e. The maximum atomic E-state index is 11.4. The van der Waals surface area contributed by atoms with Crippen LogP contribution in [0.3, 0.4) is 0 Å². The Morgan fingerprint density at radius 1 is 1.00 bits per heavy atom. The van der Waals surface area contributed by atoms with Crippen molar-refractivity contribution >= 4 is 10.1 Å². The van der Waals surface area contributed by atoms with Crippen molar-refractivity contribution in [2.75, 3.05) is 0 Å². The maximum Gasteiger partial charge on any atom is 1.00 e. The van der Waals surface area contributed by atoms with Crippen molar-refractivity contribution in [2.45, 2.75) is 43.9 Å². The standard InChI is InChI=1S/C18H22O4S.K/c1-2-3-4-6-9-15-12-13-18(23(19,20)21)17(14-15)22-16-10-7-5-8-11-16;/h5,7-8,10-14H,2-4,6,9H2,1H3,(H,19,20,21);/q;+1/p-1. The minimum absolute atomic E-state index is 0. The van der Waals surface area contributed by atoms with Crippen LogP contribution in [-0.4, -0.2) is 13.0 Å². The first-order valence-corrected chi connectivity index (χ1v) is 9.23. The van der Waals surface area contributed by atoms with Gasteiger partial charge in [-0.15, -0.1) is 0 Å². The molecule has 0 radical (unpaired) electrons. The molecule has 0 bridgehead atoms.